The Morgan fingerprint density at radius 3 is 2.71 bits per heavy atom. The number of carbonyl (C=O) groups excluding carboxylic acids is 1. The lowest BCUT2D eigenvalue weighted by atomic mass is 9.64. The molecule has 1 amide bonds. The van der Waals surface area contributed by atoms with Gasteiger partial charge in [-0.1, -0.05) is 36.7 Å². The Morgan fingerprint density at radius 1 is 1.07 bits per heavy atom. The lowest BCUT2D eigenvalue weighted by Gasteiger charge is -2.52. The molecule has 2 fully saturated rings. The van der Waals surface area contributed by atoms with Crippen LogP contribution in [0.25, 0.3) is 0 Å². The number of hydrogen-bond acceptors (Lipinski definition) is 7. The van der Waals surface area contributed by atoms with Gasteiger partial charge in [0.15, 0.2) is 0 Å². The Hall–Kier alpha value is -2.59. The van der Waals surface area contributed by atoms with E-state index in [2.05, 4.69) is 33.9 Å². The summed E-state index contributed by atoms with van der Waals surface area (Å²) in [6.07, 6.45) is 9.85. The molecule has 45 heavy (non-hydrogen) atoms. The van der Waals surface area contributed by atoms with Crippen LogP contribution in [0.1, 0.15) is 67.4 Å². The van der Waals surface area contributed by atoms with Crippen molar-refractivity contribution < 1.29 is 27.4 Å². The van der Waals surface area contributed by atoms with Gasteiger partial charge < -0.3 is 19.1 Å². The molecule has 2 aromatic carbocycles. The molecule has 242 valence electrons. The lowest BCUT2D eigenvalue weighted by molar-refractivity contribution is -0.182. The first-order valence-electron chi connectivity index (χ1n) is 16.4. The number of rotatable bonds is 0. The van der Waals surface area contributed by atoms with E-state index >= 15 is 0 Å². The Bertz CT molecular complexity index is 1600. The number of nitrogens with one attached hydrogen (secondary N) is 1. The van der Waals surface area contributed by atoms with Crippen molar-refractivity contribution in [2.45, 2.75) is 68.6 Å². The summed E-state index contributed by atoms with van der Waals surface area (Å²) in [5.41, 5.74) is 2.87. The van der Waals surface area contributed by atoms with Crippen molar-refractivity contribution in [2.24, 2.45) is 17.8 Å². The highest BCUT2D eigenvalue weighted by Gasteiger charge is 2.50. The van der Waals surface area contributed by atoms with Crippen LogP contribution < -0.4 is 14.4 Å². The fourth-order valence-corrected chi connectivity index (χ4v) is 9.71. The largest absolute Gasteiger partial charge is 0.490 e. The number of benzene rings is 2. The molecule has 1 saturated carbocycles. The smallest absolute Gasteiger partial charge is 0.264 e. The molecule has 2 aliphatic carbocycles. The average Bonchev–Trinajstić information content (AvgIpc) is 3.15. The molecule has 2 aromatic rings. The number of sulfonamides is 1. The Labute approximate surface area is 271 Å². The normalized spacial score (nSPS) is 35.3. The van der Waals surface area contributed by atoms with Crippen molar-refractivity contribution in [3.63, 3.8) is 0 Å². The van der Waals surface area contributed by atoms with E-state index in [-0.39, 0.29) is 17.3 Å². The quantitative estimate of drug-likeness (QED) is 0.366. The predicted molar refractivity (Wildman–Crippen MR) is 175 cm³/mol. The third-order valence-corrected chi connectivity index (χ3v) is 13.3. The van der Waals surface area contributed by atoms with E-state index in [0.29, 0.717) is 50.1 Å². The summed E-state index contributed by atoms with van der Waals surface area (Å²) in [7, 11) is -3.92. The van der Waals surface area contributed by atoms with Crippen LogP contribution in [0.5, 0.6) is 5.75 Å². The number of allylic oxidation sites excluding steroid dienone is 1. The molecule has 10 heteroatoms. The second kappa shape index (κ2) is 11.9. The molecule has 6 atom stereocenters. The number of hydrogen-bond donors (Lipinski definition) is 1. The van der Waals surface area contributed by atoms with E-state index in [1.165, 1.54) is 11.1 Å². The summed E-state index contributed by atoms with van der Waals surface area (Å²) in [5, 5.41) is -0.0244. The maximum absolute atomic E-state index is 13.5. The minimum absolute atomic E-state index is 0.210. The van der Waals surface area contributed by atoms with Gasteiger partial charge in [-0.15, -0.1) is 0 Å². The monoisotopic (exact) mass is 654 g/mol. The highest BCUT2D eigenvalue weighted by molar-refractivity contribution is 7.90. The average molecular weight is 655 g/mol. The van der Waals surface area contributed by atoms with Crippen molar-refractivity contribution in [1.29, 1.82) is 0 Å². The summed E-state index contributed by atoms with van der Waals surface area (Å²) >= 11 is 6.44. The van der Waals surface area contributed by atoms with Crippen molar-refractivity contribution >= 4 is 33.2 Å². The van der Waals surface area contributed by atoms with Crippen molar-refractivity contribution in [2.75, 3.05) is 44.4 Å². The number of carbonyl (C=O) groups is 1. The Balaban J connectivity index is 1.32. The number of amides is 1. The van der Waals surface area contributed by atoms with Crippen LogP contribution in [-0.2, 0) is 31.3 Å². The van der Waals surface area contributed by atoms with Crippen LogP contribution in [0.3, 0.4) is 0 Å². The Kier molecular flexibility index (Phi) is 8.20. The molecule has 1 saturated heterocycles. The SMILES string of the molecule is C[C@@H]1[C@@H](C)C/C=C/[C@@]2(COCCO2)[C@@H]2CC[C@H]2CN2C[C@@]3(CCCc4cc(Cl)ccc43)COc3ccc(cc32)C(=O)NS1(=O)=O. The number of fused-ring (bicyclic) bond motifs is 5. The van der Waals surface area contributed by atoms with Gasteiger partial charge in [0.1, 0.15) is 11.4 Å². The predicted octanol–water partition coefficient (Wildman–Crippen LogP) is 5.67. The molecular formula is C35H43ClN2O6S. The molecule has 0 unspecified atom stereocenters. The molecule has 5 aliphatic rings. The second-order valence-electron chi connectivity index (χ2n) is 13.9. The van der Waals surface area contributed by atoms with E-state index in [9.17, 15) is 13.2 Å². The van der Waals surface area contributed by atoms with Gasteiger partial charge in [-0.3, -0.25) is 4.79 Å². The van der Waals surface area contributed by atoms with Crippen LogP contribution in [-0.4, -0.2) is 64.7 Å². The first kappa shape index (κ1) is 31.0. The zero-order valence-corrected chi connectivity index (χ0v) is 27.7. The molecule has 7 rings (SSSR count). The van der Waals surface area contributed by atoms with Crippen molar-refractivity contribution in [3.8, 4) is 5.75 Å². The maximum atomic E-state index is 13.5. The summed E-state index contributed by atoms with van der Waals surface area (Å²) < 4.78 is 48.3. The van der Waals surface area contributed by atoms with Crippen LogP contribution in [0, 0.1) is 17.8 Å². The molecule has 2 spiro atoms. The van der Waals surface area contributed by atoms with E-state index in [1.807, 2.05) is 25.1 Å². The minimum atomic E-state index is -3.92. The molecular weight excluding hydrogens is 612 g/mol. The number of halogens is 1. The van der Waals surface area contributed by atoms with Gasteiger partial charge in [-0.05, 0) is 105 Å². The second-order valence-corrected chi connectivity index (χ2v) is 16.4. The van der Waals surface area contributed by atoms with Gasteiger partial charge in [-0.25, -0.2) is 13.1 Å². The molecule has 3 aliphatic heterocycles. The first-order valence-corrected chi connectivity index (χ1v) is 18.3. The molecule has 3 heterocycles. The molecule has 2 bridgehead atoms. The summed E-state index contributed by atoms with van der Waals surface area (Å²) in [6.45, 7) is 7.16. The van der Waals surface area contributed by atoms with Gasteiger partial charge in [-0.2, -0.15) is 0 Å². The van der Waals surface area contributed by atoms with Gasteiger partial charge in [0.2, 0.25) is 10.0 Å². The topological polar surface area (TPSA) is 94.2 Å². The summed E-state index contributed by atoms with van der Waals surface area (Å²) in [4.78, 5) is 15.9. The van der Waals surface area contributed by atoms with Crippen molar-refractivity contribution in [1.82, 2.24) is 4.72 Å². The van der Waals surface area contributed by atoms with Crippen LogP contribution in [0.2, 0.25) is 5.02 Å². The van der Waals surface area contributed by atoms with Crippen LogP contribution in [0.4, 0.5) is 5.69 Å². The van der Waals surface area contributed by atoms with E-state index in [4.69, 9.17) is 25.8 Å². The highest BCUT2D eigenvalue weighted by Crippen LogP contribution is 2.49. The number of ether oxygens (including phenoxy) is 3. The summed E-state index contributed by atoms with van der Waals surface area (Å²) in [6, 6.07) is 11.5. The number of anilines is 1. The minimum Gasteiger partial charge on any atom is -0.490 e. The highest BCUT2D eigenvalue weighted by atomic mass is 35.5. The van der Waals surface area contributed by atoms with E-state index < -0.39 is 26.8 Å². The third-order valence-electron chi connectivity index (χ3n) is 11.2. The lowest BCUT2D eigenvalue weighted by Crippen LogP contribution is -2.56. The molecule has 0 aromatic heterocycles. The number of nitrogens with zero attached hydrogens (tertiary/aromatic N) is 1. The molecule has 8 nitrogen and oxygen atoms in total. The van der Waals surface area contributed by atoms with Crippen molar-refractivity contribution in [3.05, 3.63) is 70.3 Å². The number of aryl methyl sites for hydroxylation is 1. The third kappa shape index (κ3) is 5.68. The molecule has 1 N–H and O–H groups in total. The molecule has 0 radical (unpaired) electrons. The fraction of sp³-hybridized carbons (Fsp3) is 0.571. The standard InChI is InChI=1S/C35H43ClN2O6S/c1-23-5-3-14-35(22-42-15-16-44-35)30-10-7-27(30)19-38-20-34(13-4-6-25-17-28(36)9-11-29(25)34)21-43-32-12-8-26(18-31(32)38)33(39)37-45(40,41)24(23)2/h3,8-9,11-12,14,17-18,23-24,27,30H,4-7,10,13,15-16,19-22H2,1-2H3,(H,37,39)/b14-3+/t23-,24+,27-,30+,34-,35+/m0/s1. The maximum Gasteiger partial charge on any atom is 0.264 e. The fourth-order valence-electron chi connectivity index (χ4n) is 8.23. The first-order chi connectivity index (χ1) is 21.6. The zero-order valence-electron chi connectivity index (χ0n) is 26.1. The zero-order chi connectivity index (χ0) is 31.4. The van der Waals surface area contributed by atoms with Gasteiger partial charge >= 0.3 is 0 Å². The van der Waals surface area contributed by atoms with E-state index in [0.717, 1.165) is 55.9 Å². The van der Waals surface area contributed by atoms with Gasteiger partial charge in [0.25, 0.3) is 5.91 Å². The van der Waals surface area contributed by atoms with Gasteiger partial charge in [0, 0.05) is 29.1 Å². The van der Waals surface area contributed by atoms with E-state index in [1.54, 1.807) is 13.0 Å². The summed E-state index contributed by atoms with van der Waals surface area (Å²) in [5.74, 6) is 0.474. The van der Waals surface area contributed by atoms with Crippen LogP contribution >= 0.6 is 11.6 Å². The Morgan fingerprint density at radius 2 is 1.93 bits per heavy atom. The van der Waals surface area contributed by atoms with Crippen LogP contribution in [0.15, 0.2) is 48.6 Å². The van der Waals surface area contributed by atoms with Gasteiger partial charge in [0.05, 0.1) is 37.4 Å².